The third-order valence-corrected chi connectivity index (χ3v) is 8.04. The summed E-state index contributed by atoms with van der Waals surface area (Å²) in [6, 6.07) is 17.4. The van der Waals surface area contributed by atoms with Gasteiger partial charge >= 0.3 is 0 Å². The van der Waals surface area contributed by atoms with Crippen LogP contribution in [0.1, 0.15) is 38.5 Å². The van der Waals surface area contributed by atoms with Crippen molar-refractivity contribution in [2.75, 3.05) is 5.32 Å². The molecular weight excluding hydrogens is 531 g/mol. The summed E-state index contributed by atoms with van der Waals surface area (Å²) < 4.78 is 14.1. The fourth-order valence-electron chi connectivity index (χ4n) is 6.03. The summed E-state index contributed by atoms with van der Waals surface area (Å²) >= 11 is 0. The van der Waals surface area contributed by atoms with Crippen molar-refractivity contribution in [1.29, 1.82) is 0 Å². The molecule has 4 heterocycles. The summed E-state index contributed by atoms with van der Waals surface area (Å²) in [4.78, 5) is 25.4. The van der Waals surface area contributed by atoms with Gasteiger partial charge in [0.2, 0.25) is 5.91 Å². The Morgan fingerprint density at radius 1 is 0.976 bits per heavy atom. The molecule has 0 saturated heterocycles. The number of phenolic OH excluding ortho intramolecular Hbond substituents is 1. The van der Waals surface area contributed by atoms with Gasteiger partial charge in [0, 0.05) is 35.2 Å². The molecule has 0 spiro atoms. The topological polar surface area (TPSA) is 120 Å². The summed E-state index contributed by atoms with van der Waals surface area (Å²) in [7, 11) is 0. The van der Waals surface area contributed by atoms with Gasteiger partial charge in [0.15, 0.2) is 0 Å². The summed E-state index contributed by atoms with van der Waals surface area (Å²) in [6.07, 6.45) is 9.84. The van der Waals surface area contributed by atoms with E-state index >= 15 is 0 Å². The zero-order valence-corrected chi connectivity index (χ0v) is 22.8. The van der Waals surface area contributed by atoms with E-state index in [2.05, 4.69) is 25.5 Å². The molecule has 9 heteroatoms. The van der Waals surface area contributed by atoms with Crippen molar-refractivity contribution in [2.24, 2.45) is 5.92 Å². The number of carbonyl (C=O) groups is 1. The van der Waals surface area contributed by atoms with Crippen LogP contribution in [0.4, 0.5) is 10.1 Å². The van der Waals surface area contributed by atoms with Gasteiger partial charge in [-0.25, -0.2) is 9.37 Å². The van der Waals surface area contributed by atoms with Crippen LogP contribution in [0, 0.1) is 11.7 Å². The van der Waals surface area contributed by atoms with Crippen LogP contribution in [0.2, 0.25) is 0 Å². The van der Waals surface area contributed by atoms with E-state index in [-0.39, 0.29) is 11.7 Å². The Labute approximate surface area is 241 Å². The Hall–Kier alpha value is -5.05. The molecule has 210 valence electrons. The molecule has 0 unspecified atom stereocenters. The normalized spacial score (nSPS) is 14.0. The van der Waals surface area contributed by atoms with Crippen LogP contribution < -0.4 is 5.32 Å². The zero-order chi connectivity index (χ0) is 28.6. The summed E-state index contributed by atoms with van der Waals surface area (Å²) in [6.45, 7) is 0. The first kappa shape index (κ1) is 25.9. The van der Waals surface area contributed by atoms with E-state index in [1.165, 1.54) is 25.3 Å². The largest absolute Gasteiger partial charge is 0.508 e. The average Bonchev–Trinajstić information content (AvgIpc) is 3.61. The van der Waals surface area contributed by atoms with Gasteiger partial charge < -0.3 is 15.4 Å². The monoisotopic (exact) mass is 560 g/mol. The lowest BCUT2D eigenvalue weighted by Crippen LogP contribution is -2.18. The Morgan fingerprint density at radius 2 is 1.86 bits per heavy atom. The van der Waals surface area contributed by atoms with Crippen molar-refractivity contribution in [3.63, 3.8) is 0 Å². The second-order valence-corrected chi connectivity index (χ2v) is 11.0. The number of nitrogens with one attached hydrogen (secondary N) is 3. The minimum absolute atomic E-state index is 0.0213. The average molecular weight is 561 g/mol. The number of halogens is 1. The van der Waals surface area contributed by atoms with Crippen LogP contribution in [-0.2, 0) is 4.79 Å². The highest BCUT2D eigenvalue weighted by molar-refractivity contribution is 6.00. The highest BCUT2D eigenvalue weighted by atomic mass is 19.1. The van der Waals surface area contributed by atoms with Gasteiger partial charge in [0.1, 0.15) is 22.8 Å². The first-order chi connectivity index (χ1) is 20.5. The first-order valence-electron chi connectivity index (χ1n) is 14.2. The van der Waals surface area contributed by atoms with Crippen molar-refractivity contribution in [2.45, 2.75) is 38.5 Å². The van der Waals surface area contributed by atoms with Crippen molar-refractivity contribution < 1.29 is 14.3 Å². The molecule has 0 radical (unpaired) electrons. The van der Waals surface area contributed by atoms with Crippen LogP contribution in [0.5, 0.6) is 5.75 Å². The lowest BCUT2D eigenvalue weighted by molar-refractivity contribution is -0.117. The Morgan fingerprint density at radius 3 is 2.71 bits per heavy atom. The number of H-pyrrole nitrogens is 2. The number of amides is 1. The number of aromatic nitrogens is 5. The molecule has 1 fully saturated rings. The number of benzene rings is 2. The minimum atomic E-state index is -0.505. The number of carbonyl (C=O) groups excluding carboxylic acids is 1. The molecule has 1 aliphatic carbocycles. The van der Waals surface area contributed by atoms with Crippen molar-refractivity contribution in [1.82, 2.24) is 25.1 Å². The number of fused-ring (bicyclic) bond motifs is 2. The fraction of sp³-hybridized carbons (Fsp3) is 0.212. The van der Waals surface area contributed by atoms with Gasteiger partial charge in [-0.1, -0.05) is 31.4 Å². The van der Waals surface area contributed by atoms with E-state index in [0.29, 0.717) is 40.5 Å². The molecule has 0 atom stereocenters. The maximum atomic E-state index is 14.1. The number of pyridine rings is 2. The molecule has 6 aromatic rings. The van der Waals surface area contributed by atoms with Gasteiger partial charge in [-0.15, -0.1) is 0 Å². The molecule has 1 amide bonds. The zero-order valence-electron chi connectivity index (χ0n) is 22.8. The van der Waals surface area contributed by atoms with Crippen LogP contribution in [0.15, 0.2) is 73.1 Å². The number of aromatic amines is 2. The van der Waals surface area contributed by atoms with E-state index < -0.39 is 5.82 Å². The second kappa shape index (κ2) is 10.7. The predicted octanol–water partition coefficient (Wildman–Crippen LogP) is 7.59. The van der Waals surface area contributed by atoms with E-state index in [1.807, 2.05) is 42.5 Å². The SMILES string of the molecule is O=C(CC1CCCCC1)Nc1cncc(-c2ccc3[nH]nc(-c4cc5c(-c6cc(O)cc(F)c6)cccc5[nH]4)c3n2)c1. The molecule has 4 N–H and O–H groups in total. The van der Waals surface area contributed by atoms with E-state index in [4.69, 9.17) is 4.98 Å². The molecule has 1 saturated carbocycles. The third kappa shape index (κ3) is 5.09. The van der Waals surface area contributed by atoms with E-state index in [9.17, 15) is 14.3 Å². The van der Waals surface area contributed by atoms with E-state index in [1.54, 1.807) is 18.5 Å². The van der Waals surface area contributed by atoms with Gasteiger partial charge in [0.05, 0.1) is 28.8 Å². The summed E-state index contributed by atoms with van der Waals surface area (Å²) in [5.74, 6) is -0.154. The Bertz CT molecular complexity index is 1920. The number of anilines is 1. The minimum Gasteiger partial charge on any atom is -0.508 e. The van der Waals surface area contributed by atoms with Crippen LogP contribution >= 0.6 is 0 Å². The highest BCUT2D eigenvalue weighted by Gasteiger charge is 2.18. The maximum absolute atomic E-state index is 14.1. The number of rotatable bonds is 6. The molecule has 4 aromatic heterocycles. The van der Waals surface area contributed by atoms with Crippen LogP contribution in [0.25, 0.3) is 55.7 Å². The molecule has 0 aliphatic heterocycles. The van der Waals surface area contributed by atoms with Gasteiger partial charge in [-0.2, -0.15) is 5.10 Å². The molecule has 0 bridgehead atoms. The smallest absolute Gasteiger partial charge is 0.224 e. The molecule has 8 nitrogen and oxygen atoms in total. The van der Waals surface area contributed by atoms with E-state index in [0.717, 1.165) is 52.1 Å². The van der Waals surface area contributed by atoms with Crippen molar-refractivity contribution in [3.8, 4) is 39.5 Å². The molecular formula is C33H29FN6O2. The lowest BCUT2D eigenvalue weighted by atomic mass is 9.87. The Kier molecular flexibility index (Phi) is 6.62. The van der Waals surface area contributed by atoms with Gasteiger partial charge in [-0.05, 0) is 72.4 Å². The quantitative estimate of drug-likeness (QED) is 0.167. The standard InChI is InChI=1S/C33H29FN6O2/c34-22-12-20(14-24(41)15-22)25-7-4-8-28-26(25)16-30(37-28)33-32-29(39-40-33)10-9-27(38-32)21-13-23(18-35-17-21)36-31(42)11-19-5-2-1-3-6-19/h4,7-10,12-19,37,41H,1-3,5-6,11H2,(H,36,42)(H,39,40). The summed E-state index contributed by atoms with van der Waals surface area (Å²) in [5, 5.41) is 21.4. The number of nitrogens with zero attached hydrogens (tertiary/aromatic N) is 3. The predicted molar refractivity (Wildman–Crippen MR) is 161 cm³/mol. The number of hydrogen-bond donors (Lipinski definition) is 4. The molecule has 2 aromatic carbocycles. The van der Waals surface area contributed by atoms with Crippen molar-refractivity contribution >= 4 is 33.5 Å². The number of aromatic hydroxyl groups is 1. The molecule has 1 aliphatic rings. The molecule has 42 heavy (non-hydrogen) atoms. The van der Waals surface area contributed by atoms with Crippen LogP contribution in [-0.4, -0.2) is 36.2 Å². The summed E-state index contributed by atoms with van der Waals surface area (Å²) in [5.41, 5.74) is 7.17. The highest BCUT2D eigenvalue weighted by Crippen LogP contribution is 2.35. The lowest BCUT2D eigenvalue weighted by Gasteiger charge is -2.20. The fourth-order valence-corrected chi connectivity index (χ4v) is 6.03. The van der Waals surface area contributed by atoms with Crippen LogP contribution in [0.3, 0.4) is 0 Å². The molecule has 7 rings (SSSR count). The van der Waals surface area contributed by atoms with Gasteiger partial charge in [0.25, 0.3) is 0 Å². The maximum Gasteiger partial charge on any atom is 0.224 e. The van der Waals surface area contributed by atoms with Gasteiger partial charge in [-0.3, -0.25) is 14.9 Å². The third-order valence-electron chi connectivity index (χ3n) is 8.04. The number of phenols is 1. The first-order valence-corrected chi connectivity index (χ1v) is 14.2. The van der Waals surface area contributed by atoms with Crippen molar-refractivity contribution in [3.05, 3.63) is 78.9 Å². The number of hydrogen-bond acceptors (Lipinski definition) is 5. The Balaban J connectivity index is 1.20. The second-order valence-electron chi connectivity index (χ2n) is 11.0.